The number of nitrogens with zero attached hydrogens (tertiary/aromatic N) is 3. The molecule has 126 valence electrons. The monoisotopic (exact) mass is 335 g/mol. The number of aromatic nitrogens is 3. The van der Waals surface area contributed by atoms with Crippen LogP contribution in [-0.2, 0) is 6.54 Å². The average molecular weight is 335 g/mol. The van der Waals surface area contributed by atoms with Crippen LogP contribution in [-0.4, -0.2) is 21.2 Å². The van der Waals surface area contributed by atoms with Crippen LogP contribution < -0.4 is 16.0 Å². The maximum absolute atomic E-state index is 12.0. The first-order valence-electron chi connectivity index (χ1n) is 7.65. The molecule has 0 aliphatic heterocycles. The summed E-state index contributed by atoms with van der Waals surface area (Å²) in [5, 5.41) is 0.439. The molecule has 2 heterocycles. The fourth-order valence-corrected chi connectivity index (χ4v) is 2.28. The lowest BCUT2D eigenvalue weighted by molar-refractivity contribution is 0.418. The van der Waals surface area contributed by atoms with Crippen LogP contribution in [0.5, 0.6) is 6.01 Å². The van der Waals surface area contributed by atoms with E-state index in [-0.39, 0.29) is 17.3 Å². The molecular formula is C18H17N5O2. The lowest BCUT2D eigenvalue weighted by Crippen LogP contribution is -2.12. The quantitative estimate of drug-likeness (QED) is 0.548. The standard InChI is InChI=1S/C18H17N5O2/c1-12-3-2-4-13(7-12)9-21-10-14(8-19)25-18-22-16-11-20-6-5-15(16)17(24)23-18/h2-8,10-11H,9,19H2,1H3,(H,22,23,24). The van der Waals surface area contributed by atoms with Crippen molar-refractivity contribution in [1.29, 1.82) is 0 Å². The van der Waals surface area contributed by atoms with Gasteiger partial charge in [-0.15, -0.1) is 0 Å². The Morgan fingerprint density at radius 3 is 3.08 bits per heavy atom. The number of aryl methyl sites for hydroxylation is 1. The minimum absolute atomic E-state index is 0.0317. The number of aromatic amines is 1. The first kappa shape index (κ1) is 16.4. The van der Waals surface area contributed by atoms with E-state index in [1.54, 1.807) is 6.07 Å². The van der Waals surface area contributed by atoms with Crippen LogP contribution >= 0.6 is 0 Å². The molecule has 0 saturated carbocycles. The van der Waals surface area contributed by atoms with Crippen LogP contribution in [0.4, 0.5) is 0 Å². The highest BCUT2D eigenvalue weighted by atomic mass is 16.5. The number of rotatable bonds is 5. The molecule has 0 amide bonds. The SMILES string of the molecule is Cc1cccc(CN=CC(=CN)Oc2nc3cnccc3c(=O)[nH]2)c1. The molecule has 0 fully saturated rings. The minimum atomic E-state index is -0.310. The largest absolute Gasteiger partial charge is 0.422 e. The fourth-order valence-electron chi connectivity index (χ4n) is 2.28. The smallest absolute Gasteiger partial charge is 0.302 e. The van der Waals surface area contributed by atoms with Crippen molar-refractivity contribution in [1.82, 2.24) is 15.0 Å². The molecule has 0 aliphatic carbocycles. The predicted octanol–water partition coefficient (Wildman–Crippen LogP) is 2.08. The Bertz CT molecular complexity index is 1010. The molecule has 2 aromatic heterocycles. The van der Waals surface area contributed by atoms with E-state index in [2.05, 4.69) is 26.0 Å². The van der Waals surface area contributed by atoms with Gasteiger partial charge in [0.25, 0.3) is 5.56 Å². The van der Waals surface area contributed by atoms with E-state index < -0.39 is 0 Å². The third-order valence-electron chi connectivity index (χ3n) is 3.44. The van der Waals surface area contributed by atoms with Crippen molar-refractivity contribution < 1.29 is 4.74 Å². The number of aliphatic imine (C=N–C) groups is 1. The van der Waals surface area contributed by atoms with Crippen LogP contribution in [0.1, 0.15) is 11.1 Å². The number of hydrogen-bond donors (Lipinski definition) is 2. The third kappa shape index (κ3) is 4.08. The molecule has 3 aromatic rings. The number of hydrogen-bond acceptors (Lipinski definition) is 6. The van der Waals surface area contributed by atoms with Gasteiger partial charge >= 0.3 is 6.01 Å². The second-order valence-electron chi connectivity index (χ2n) is 5.39. The van der Waals surface area contributed by atoms with Gasteiger partial charge in [0.2, 0.25) is 0 Å². The van der Waals surface area contributed by atoms with Gasteiger partial charge in [0.05, 0.1) is 29.9 Å². The molecule has 0 spiro atoms. The number of benzene rings is 1. The molecular weight excluding hydrogens is 318 g/mol. The van der Waals surface area contributed by atoms with Gasteiger partial charge < -0.3 is 10.5 Å². The summed E-state index contributed by atoms with van der Waals surface area (Å²) in [6.07, 6.45) is 5.78. The normalized spacial score (nSPS) is 12.0. The topological polar surface area (TPSA) is 106 Å². The zero-order chi connectivity index (χ0) is 17.6. The number of allylic oxidation sites excluding steroid dienone is 1. The molecule has 7 nitrogen and oxygen atoms in total. The summed E-state index contributed by atoms with van der Waals surface area (Å²) >= 11 is 0. The molecule has 3 rings (SSSR count). The zero-order valence-corrected chi connectivity index (χ0v) is 13.6. The second kappa shape index (κ2) is 7.39. The molecule has 0 aliphatic rings. The summed E-state index contributed by atoms with van der Waals surface area (Å²) in [6.45, 7) is 2.52. The highest BCUT2D eigenvalue weighted by Crippen LogP contribution is 2.10. The molecule has 1 aromatic carbocycles. The summed E-state index contributed by atoms with van der Waals surface area (Å²) < 4.78 is 5.51. The fraction of sp³-hybridized carbons (Fsp3) is 0.111. The maximum atomic E-state index is 12.0. The van der Waals surface area contributed by atoms with E-state index in [0.29, 0.717) is 17.4 Å². The lowest BCUT2D eigenvalue weighted by atomic mass is 10.1. The highest BCUT2D eigenvalue weighted by molar-refractivity contribution is 5.77. The number of fused-ring (bicyclic) bond motifs is 1. The number of pyridine rings is 1. The first-order chi connectivity index (χ1) is 12.2. The molecule has 3 N–H and O–H groups in total. The van der Waals surface area contributed by atoms with Crippen LogP contribution in [0, 0.1) is 6.92 Å². The molecule has 0 atom stereocenters. The van der Waals surface area contributed by atoms with Gasteiger partial charge in [-0.05, 0) is 18.6 Å². The molecule has 0 unspecified atom stereocenters. The van der Waals surface area contributed by atoms with E-state index >= 15 is 0 Å². The van der Waals surface area contributed by atoms with Crippen molar-refractivity contribution >= 4 is 17.1 Å². The van der Waals surface area contributed by atoms with Crippen molar-refractivity contribution in [2.45, 2.75) is 13.5 Å². The summed E-state index contributed by atoms with van der Waals surface area (Å²) in [7, 11) is 0. The Balaban J connectivity index is 1.74. The molecule has 0 saturated heterocycles. The van der Waals surface area contributed by atoms with E-state index in [4.69, 9.17) is 10.5 Å². The number of nitrogens with two attached hydrogens (primary N) is 1. The van der Waals surface area contributed by atoms with Crippen molar-refractivity contribution in [3.8, 4) is 6.01 Å². The zero-order valence-electron chi connectivity index (χ0n) is 13.6. The van der Waals surface area contributed by atoms with Gasteiger partial charge in [-0.1, -0.05) is 29.8 Å². The average Bonchev–Trinajstić information content (AvgIpc) is 2.61. The van der Waals surface area contributed by atoms with E-state index in [9.17, 15) is 4.79 Å². The highest BCUT2D eigenvalue weighted by Gasteiger charge is 2.06. The van der Waals surface area contributed by atoms with E-state index in [1.807, 2.05) is 25.1 Å². The molecule has 25 heavy (non-hydrogen) atoms. The van der Waals surface area contributed by atoms with E-state index in [1.165, 1.54) is 30.4 Å². The van der Waals surface area contributed by atoms with Gasteiger partial charge in [-0.25, -0.2) is 0 Å². The van der Waals surface area contributed by atoms with Crippen molar-refractivity contribution in [3.05, 3.63) is 76.2 Å². The van der Waals surface area contributed by atoms with Crippen LogP contribution in [0.3, 0.4) is 0 Å². The molecule has 0 radical (unpaired) electrons. The molecule has 0 bridgehead atoms. The van der Waals surface area contributed by atoms with Gasteiger partial charge in [-0.3, -0.25) is 19.8 Å². The van der Waals surface area contributed by atoms with Gasteiger partial charge in [0.1, 0.15) is 0 Å². The number of H-pyrrole nitrogens is 1. The Hall–Kier alpha value is -3.48. The predicted molar refractivity (Wildman–Crippen MR) is 96.4 cm³/mol. The Labute approximate surface area is 143 Å². The number of ether oxygens (including phenoxy) is 1. The Kier molecular flexibility index (Phi) is 4.84. The van der Waals surface area contributed by atoms with Gasteiger partial charge in [-0.2, -0.15) is 4.98 Å². The van der Waals surface area contributed by atoms with Gasteiger partial charge in [0, 0.05) is 12.4 Å². The van der Waals surface area contributed by atoms with Gasteiger partial charge in [0.15, 0.2) is 5.76 Å². The second-order valence-corrected chi connectivity index (χ2v) is 5.39. The minimum Gasteiger partial charge on any atom is -0.422 e. The summed E-state index contributed by atoms with van der Waals surface area (Å²) in [5.74, 6) is 0.277. The van der Waals surface area contributed by atoms with Crippen molar-refractivity contribution in [3.63, 3.8) is 0 Å². The van der Waals surface area contributed by atoms with E-state index in [0.717, 1.165) is 5.56 Å². The van der Waals surface area contributed by atoms with Crippen LogP contribution in [0.2, 0.25) is 0 Å². The Morgan fingerprint density at radius 2 is 2.28 bits per heavy atom. The van der Waals surface area contributed by atoms with Crippen LogP contribution in [0.25, 0.3) is 10.9 Å². The molecule has 7 heteroatoms. The lowest BCUT2D eigenvalue weighted by Gasteiger charge is -2.05. The third-order valence-corrected chi connectivity index (χ3v) is 3.44. The summed E-state index contributed by atoms with van der Waals surface area (Å²) in [6, 6.07) is 9.68. The van der Waals surface area contributed by atoms with Crippen molar-refractivity contribution in [2.75, 3.05) is 0 Å². The number of nitrogens with one attached hydrogen (secondary N) is 1. The summed E-state index contributed by atoms with van der Waals surface area (Å²) in [4.78, 5) is 27.0. The van der Waals surface area contributed by atoms with Crippen LogP contribution in [0.15, 0.2) is 64.5 Å². The Morgan fingerprint density at radius 1 is 1.40 bits per heavy atom. The first-order valence-corrected chi connectivity index (χ1v) is 7.65. The maximum Gasteiger partial charge on any atom is 0.302 e. The van der Waals surface area contributed by atoms with Crippen molar-refractivity contribution in [2.24, 2.45) is 10.7 Å². The summed E-state index contributed by atoms with van der Waals surface area (Å²) in [5.41, 5.74) is 7.94.